The summed E-state index contributed by atoms with van der Waals surface area (Å²) in [6.45, 7) is 4.66. The summed E-state index contributed by atoms with van der Waals surface area (Å²) in [5.41, 5.74) is 2.50. The van der Waals surface area contributed by atoms with Gasteiger partial charge in [0.1, 0.15) is 24.0 Å². The largest absolute Gasteiger partial charge is 0.467 e. The summed E-state index contributed by atoms with van der Waals surface area (Å²) in [5.74, 6) is 0.361. The van der Waals surface area contributed by atoms with Crippen LogP contribution in [-0.4, -0.2) is 56.9 Å². The summed E-state index contributed by atoms with van der Waals surface area (Å²) in [5, 5.41) is 8.24. The molecule has 0 bridgehead atoms. The molecule has 1 aromatic carbocycles. The Labute approximate surface area is 206 Å². The summed E-state index contributed by atoms with van der Waals surface area (Å²) in [7, 11) is -3.62. The van der Waals surface area contributed by atoms with E-state index in [1.54, 1.807) is 35.0 Å². The minimum absolute atomic E-state index is 0.105. The number of rotatable bonds is 9. The van der Waals surface area contributed by atoms with Gasteiger partial charge in [-0.1, -0.05) is 55.0 Å². The number of amides is 1. The van der Waals surface area contributed by atoms with Crippen molar-refractivity contribution in [2.24, 2.45) is 0 Å². The molecule has 2 aromatic heterocycles. The van der Waals surface area contributed by atoms with Gasteiger partial charge >= 0.3 is 0 Å². The molecule has 186 valence electrons. The van der Waals surface area contributed by atoms with E-state index >= 15 is 0 Å². The van der Waals surface area contributed by atoms with Crippen LogP contribution in [0.3, 0.4) is 0 Å². The number of furan rings is 1. The number of sulfonamides is 1. The van der Waals surface area contributed by atoms with Crippen LogP contribution in [0.25, 0.3) is 6.08 Å². The second-order valence-corrected chi connectivity index (χ2v) is 10.8. The number of benzene rings is 1. The lowest BCUT2D eigenvalue weighted by Gasteiger charge is -2.26. The van der Waals surface area contributed by atoms with Gasteiger partial charge in [-0.05, 0) is 36.6 Å². The van der Waals surface area contributed by atoms with Crippen molar-refractivity contribution in [3.05, 3.63) is 77.5 Å². The van der Waals surface area contributed by atoms with Crippen molar-refractivity contribution in [2.75, 3.05) is 12.3 Å². The molecule has 3 aromatic rings. The molecule has 3 heterocycles. The Morgan fingerprint density at radius 1 is 1.14 bits per heavy atom. The predicted octanol–water partition coefficient (Wildman–Crippen LogP) is 3.30. The van der Waals surface area contributed by atoms with Crippen molar-refractivity contribution in [1.29, 1.82) is 0 Å². The number of carbonyl (C=O) groups is 1. The first kappa shape index (κ1) is 24.9. The molecule has 10 heteroatoms. The quantitative estimate of drug-likeness (QED) is 0.450. The molecule has 0 N–H and O–H groups in total. The second-order valence-electron chi connectivity index (χ2n) is 8.72. The second kappa shape index (κ2) is 11.0. The minimum atomic E-state index is -3.62. The molecule has 9 nitrogen and oxygen atoms in total. The van der Waals surface area contributed by atoms with E-state index in [1.807, 2.05) is 30.3 Å². The van der Waals surface area contributed by atoms with Crippen molar-refractivity contribution in [3.63, 3.8) is 0 Å². The van der Waals surface area contributed by atoms with E-state index in [-0.39, 0.29) is 31.3 Å². The van der Waals surface area contributed by atoms with E-state index in [4.69, 9.17) is 4.42 Å². The molecule has 0 spiro atoms. The van der Waals surface area contributed by atoms with E-state index in [0.717, 1.165) is 29.7 Å². The van der Waals surface area contributed by atoms with Crippen LogP contribution in [-0.2, 0) is 34.5 Å². The average molecular weight is 498 g/mol. The molecule has 0 saturated carbocycles. The molecule has 1 fully saturated rings. The lowest BCUT2D eigenvalue weighted by atomic mass is 10.1. The number of hydrogen-bond acceptors (Lipinski definition) is 6. The van der Waals surface area contributed by atoms with Crippen molar-refractivity contribution >= 4 is 22.0 Å². The molecular weight excluding hydrogens is 466 g/mol. The number of nitrogens with zero attached hydrogens (tertiary/aromatic N) is 5. The molecule has 1 aliphatic heterocycles. The van der Waals surface area contributed by atoms with Gasteiger partial charge in [0.05, 0.1) is 24.8 Å². The van der Waals surface area contributed by atoms with Gasteiger partial charge in [-0.3, -0.25) is 4.79 Å². The van der Waals surface area contributed by atoms with Gasteiger partial charge in [-0.15, -0.1) is 5.10 Å². The normalized spacial score (nSPS) is 18.9. The molecule has 1 amide bonds. The number of allylic oxidation sites excluding steroid dienone is 1. The number of hydrogen-bond donors (Lipinski definition) is 0. The van der Waals surface area contributed by atoms with Crippen LogP contribution in [0.2, 0.25) is 0 Å². The van der Waals surface area contributed by atoms with Gasteiger partial charge in [0.2, 0.25) is 15.9 Å². The van der Waals surface area contributed by atoms with E-state index in [2.05, 4.69) is 29.4 Å². The third kappa shape index (κ3) is 6.26. The van der Waals surface area contributed by atoms with Crippen LogP contribution < -0.4 is 0 Å². The summed E-state index contributed by atoms with van der Waals surface area (Å²) < 4.78 is 34.4. The lowest BCUT2D eigenvalue weighted by molar-refractivity contribution is -0.134. The molecule has 1 atom stereocenters. The van der Waals surface area contributed by atoms with Crippen LogP contribution in [0.15, 0.2) is 59.4 Å². The standard InChI is InChI=1S/C25H31N5O4S/c1-3-4-5-7-21-9-11-22(12-10-21)16-30-20(2)25(31)28(13-15-35(30,32)33)17-23-18-29(27-26-23)19-24-8-6-14-34-24/h5-12,14,18,20H,3-4,13,15-17,19H2,1-2H3/b7-5+. The maximum atomic E-state index is 13.2. The molecule has 1 saturated heterocycles. The summed E-state index contributed by atoms with van der Waals surface area (Å²) in [6.07, 6.45) is 9.63. The maximum absolute atomic E-state index is 13.2. The highest BCUT2D eigenvalue weighted by Crippen LogP contribution is 2.21. The SMILES string of the molecule is CCC/C=C/c1ccc(CN2C(C)C(=O)N(Cc3cn(Cc4ccco4)nn3)CCS2(=O)=O)cc1. The summed E-state index contributed by atoms with van der Waals surface area (Å²) >= 11 is 0. The summed E-state index contributed by atoms with van der Waals surface area (Å²) in [6, 6.07) is 10.6. The first-order valence-corrected chi connectivity index (χ1v) is 13.4. The Balaban J connectivity index is 1.43. The zero-order chi connectivity index (χ0) is 24.8. The fourth-order valence-electron chi connectivity index (χ4n) is 4.02. The van der Waals surface area contributed by atoms with E-state index in [1.165, 1.54) is 4.31 Å². The molecular formula is C25H31N5O4S. The average Bonchev–Trinajstić information content (AvgIpc) is 3.51. The van der Waals surface area contributed by atoms with Gasteiger partial charge in [-0.25, -0.2) is 13.1 Å². The van der Waals surface area contributed by atoms with E-state index in [9.17, 15) is 13.2 Å². The Kier molecular flexibility index (Phi) is 7.82. The van der Waals surface area contributed by atoms with Crippen molar-refractivity contribution in [3.8, 4) is 0 Å². The number of aromatic nitrogens is 3. The van der Waals surface area contributed by atoms with Crippen LogP contribution in [0.5, 0.6) is 0 Å². The molecule has 4 rings (SSSR count). The minimum Gasteiger partial charge on any atom is -0.467 e. The fourth-order valence-corrected chi connectivity index (χ4v) is 5.62. The number of carbonyl (C=O) groups excluding carboxylic acids is 1. The van der Waals surface area contributed by atoms with Gasteiger partial charge in [0.15, 0.2) is 0 Å². The smallest absolute Gasteiger partial charge is 0.241 e. The molecule has 1 aliphatic rings. The van der Waals surface area contributed by atoms with Gasteiger partial charge in [0.25, 0.3) is 0 Å². The zero-order valence-electron chi connectivity index (χ0n) is 20.1. The first-order valence-electron chi connectivity index (χ1n) is 11.8. The van der Waals surface area contributed by atoms with Gasteiger partial charge in [0, 0.05) is 13.1 Å². The molecule has 35 heavy (non-hydrogen) atoms. The highest BCUT2D eigenvalue weighted by Gasteiger charge is 2.38. The fraction of sp³-hybridized carbons (Fsp3) is 0.400. The van der Waals surface area contributed by atoms with E-state index in [0.29, 0.717) is 12.2 Å². The third-order valence-electron chi connectivity index (χ3n) is 6.00. The molecule has 1 unspecified atom stereocenters. The number of unbranched alkanes of at least 4 members (excludes halogenated alkanes) is 1. The van der Waals surface area contributed by atoms with Crippen molar-refractivity contribution in [2.45, 2.75) is 52.4 Å². The Hall–Kier alpha value is -3.24. The zero-order valence-corrected chi connectivity index (χ0v) is 20.9. The van der Waals surface area contributed by atoms with Crippen LogP contribution in [0.1, 0.15) is 49.3 Å². The van der Waals surface area contributed by atoms with Crippen LogP contribution >= 0.6 is 0 Å². The highest BCUT2D eigenvalue weighted by molar-refractivity contribution is 7.89. The highest BCUT2D eigenvalue weighted by atomic mass is 32.2. The van der Waals surface area contributed by atoms with Crippen LogP contribution in [0, 0.1) is 0 Å². The topological polar surface area (TPSA) is 102 Å². The lowest BCUT2D eigenvalue weighted by Crippen LogP contribution is -2.45. The van der Waals surface area contributed by atoms with Crippen molar-refractivity contribution < 1.29 is 17.6 Å². The van der Waals surface area contributed by atoms with E-state index < -0.39 is 16.1 Å². The van der Waals surface area contributed by atoms with Gasteiger partial charge in [-0.2, -0.15) is 4.31 Å². The maximum Gasteiger partial charge on any atom is 0.241 e. The summed E-state index contributed by atoms with van der Waals surface area (Å²) in [4.78, 5) is 14.8. The predicted molar refractivity (Wildman–Crippen MR) is 132 cm³/mol. The Morgan fingerprint density at radius 2 is 1.94 bits per heavy atom. The molecule has 0 radical (unpaired) electrons. The third-order valence-corrected chi connectivity index (χ3v) is 7.86. The first-order chi connectivity index (χ1) is 16.9. The Morgan fingerprint density at radius 3 is 2.66 bits per heavy atom. The monoisotopic (exact) mass is 497 g/mol. The van der Waals surface area contributed by atoms with Crippen LogP contribution in [0.4, 0.5) is 0 Å². The Bertz CT molecular complexity index is 1250. The van der Waals surface area contributed by atoms with Crippen molar-refractivity contribution in [1.82, 2.24) is 24.2 Å². The molecule has 0 aliphatic carbocycles. The van der Waals surface area contributed by atoms with Gasteiger partial charge < -0.3 is 9.32 Å².